The van der Waals surface area contributed by atoms with Crippen LogP contribution < -0.4 is 18.5 Å². The lowest BCUT2D eigenvalue weighted by molar-refractivity contribution is -0.117. The predicted octanol–water partition coefficient (Wildman–Crippen LogP) is 5.09. The second-order valence-corrected chi connectivity index (χ2v) is 12.6. The van der Waals surface area contributed by atoms with Crippen LogP contribution in [0.25, 0.3) is 11.1 Å². The van der Waals surface area contributed by atoms with Crippen molar-refractivity contribution in [3.8, 4) is 22.6 Å². The van der Waals surface area contributed by atoms with Gasteiger partial charge in [0.2, 0.25) is 0 Å². The van der Waals surface area contributed by atoms with Gasteiger partial charge in [-0.15, -0.1) is 0 Å². The topological polar surface area (TPSA) is 105 Å². The van der Waals surface area contributed by atoms with Crippen molar-refractivity contribution in [3.05, 3.63) is 77.4 Å². The molecule has 1 aliphatic heterocycles. The van der Waals surface area contributed by atoms with Crippen molar-refractivity contribution in [1.82, 2.24) is 4.72 Å². The SMILES string of the molecule is Cc1cc(OCCC(C)(C)O)cc(C)c1-c1ccccc1CC[C@H](C)Oc1ccc(N2CC(=O)NS2(=O)=O)cc1. The maximum Gasteiger partial charge on any atom is 0.326 e. The number of benzene rings is 3. The van der Waals surface area contributed by atoms with E-state index in [-0.39, 0.29) is 12.6 Å². The van der Waals surface area contributed by atoms with Crippen molar-refractivity contribution in [2.75, 3.05) is 17.5 Å². The van der Waals surface area contributed by atoms with Crippen LogP contribution in [0.3, 0.4) is 0 Å². The predicted molar refractivity (Wildman–Crippen MR) is 157 cm³/mol. The summed E-state index contributed by atoms with van der Waals surface area (Å²) in [6, 6.07) is 19.2. The minimum absolute atomic E-state index is 0.0774. The number of nitrogens with one attached hydrogen (secondary N) is 1. The number of ether oxygens (including phenoxy) is 2. The van der Waals surface area contributed by atoms with E-state index in [1.165, 1.54) is 16.7 Å². The second-order valence-electron chi connectivity index (χ2n) is 11.0. The van der Waals surface area contributed by atoms with Gasteiger partial charge in [-0.2, -0.15) is 8.42 Å². The number of rotatable bonds is 11. The molecule has 40 heavy (non-hydrogen) atoms. The number of aliphatic hydroxyl groups is 1. The number of nitrogens with zero attached hydrogens (tertiary/aromatic N) is 1. The first-order chi connectivity index (χ1) is 18.8. The number of carbonyl (C=O) groups is 1. The van der Waals surface area contributed by atoms with Crippen LogP contribution >= 0.6 is 0 Å². The van der Waals surface area contributed by atoms with E-state index in [1.54, 1.807) is 38.1 Å². The summed E-state index contributed by atoms with van der Waals surface area (Å²) in [5, 5.41) is 9.95. The molecule has 0 unspecified atom stereocenters. The molecule has 1 atom stereocenters. The lowest BCUT2D eigenvalue weighted by Gasteiger charge is -2.20. The van der Waals surface area contributed by atoms with Crippen LogP contribution in [0.1, 0.15) is 50.3 Å². The molecule has 4 rings (SSSR count). The van der Waals surface area contributed by atoms with Crippen molar-refractivity contribution >= 4 is 21.8 Å². The van der Waals surface area contributed by atoms with Crippen molar-refractivity contribution in [2.24, 2.45) is 0 Å². The summed E-state index contributed by atoms with van der Waals surface area (Å²) in [5.74, 6) is 0.886. The third-order valence-corrected chi connectivity index (χ3v) is 8.28. The zero-order chi connectivity index (χ0) is 29.1. The van der Waals surface area contributed by atoms with Crippen molar-refractivity contribution in [3.63, 3.8) is 0 Å². The summed E-state index contributed by atoms with van der Waals surface area (Å²) in [6.45, 7) is 9.98. The molecule has 214 valence electrons. The van der Waals surface area contributed by atoms with Gasteiger partial charge >= 0.3 is 10.2 Å². The average molecular weight is 567 g/mol. The van der Waals surface area contributed by atoms with Crippen LogP contribution in [0.15, 0.2) is 60.7 Å². The Labute approximate surface area is 237 Å². The number of hydrogen-bond acceptors (Lipinski definition) is 6. The van der Waals surface area contributed by atoms with Gasteiger partial charge in [-0.1, -0.05) is 24.3 Å². The average Bonchev–Trinajstić information content (AvgIpc) is 3.14. The first-order valence-corrected chi connectivity index (χ1v) is 14.9. The summed E-state index contributed by atoms with van der Waals surface area (Å²) in [5.41, 5.74) is 5.52. The molecule has 2 N–H and O–H groups in total. The minimum atomic E-state index is -3.83. The molecule has 9 heteroatoms. The van der Waals surface area contributed by atoms with E-state index >= 15 is 0 Å². The van der Waals surface area contributed by atoms with Crippen LogP contribution in [0.5, 0.6) is 11.5 Å². The van der Waals surface area contributed by atoms with Crippen LogP contribution in [0, 0.1) is 13.8 Å². The molecule has 1 aliphatic rings. The summed E-state index contributed by atoms with van der Waals surface area (Å²) >= 11 is 0. The first-order valence-electron chi connectivity index (χ1n) is 13.5. The van der Waals surface area contributed by atoms with Crippen LogP contribution in [0.2, 0.25) is 0 Å². The Bertz CT molecular complexity index is 1440. The van der Waals surface area contributed by atoms with E-state index in [9.17, 15) is 18.3 Å². The number of hydrogen-bond donors (Lipinski definition) is 2. The summed E-state index contributed by atoms with van der Waals surface area (Å²) < 4.78 is 39.2. The Morgan fingerprint density at radius 3 is 2.27 bits per heavy atom. The molecule has 8 nitrogen and oxygen atoms in total. The Morgan fingerprint density at radius 2 is 1.68 bits per heavy atom. The highest BCUT2D eigenvalue weighted by Crippen LogP contribution is 2.34. The van der Waals surface area contributed by atoms with E-state index in [2.05, 4.69) is 44.2 Å². The molecule has 3 aromatic rings. The summed E-state index contributed by atoms with van der Waals surface area (Å²) in [4.78, 5) is 11.5. The largest absolute Gasteiger partial charge is 0.493 e. The van der Waals surface area contributed by atoms with Crippen molar-refractivity contribution in [2.45, 2.75) is 65.6 Å². The van der Waals surface area contributed by atoms with Gasteiger partial charge in [0.15, 0.2) is 0 Å². The first kappa shape index (κ1) is 29.4. The number of carbonyl (C=O) groups excluding carboxylic acids is 1. The van der Waals surface area contributed by atoms with E-state index in [0.29, 0.717) is 24.5 Å². The number of aryl methyl sites for hydroxylation is 3. The normalized spacial score (nSPS) is 15.6. The standard InChI is InChI=1S/C31H38N2O6S/c1-21-18-27(38-17-16-31(4,5)35)19-22(2)30(21)28-9-7-6-8-24(28)11-10-23(3)39-26-14-12-25(13-15-26)33-20-29(34)32-40(33,36)37/h6-9,12-15,18-19,23,35H,10-11,16-17,20H2,1-5H3,(H,32,34)/t23-/m0/s1. The molecule has 0 aliphatic carbocycles. The fraction of sp³-hybridized carbons (Fsp3) is 0.387. The quantitative estimate of drug-likeness (QED) is 0.335. The van der Waals surface area contributed by atoms with E-state index in [0.717, 1.165) is 34.0 Å². The smallest absolute Gasteiger partial charge is 0.326 e. The zero-order valence-electron chi connectivity index (χ0n) is 23.7. The number of amides is 1. The van der Waals surface area contributed by atoms with Crippen LogP contribution in [0.4, 0.5) is 5.69 Å². The lowest BCUT2D eigenvalue weighted by atomic mass is 9.90. The molecule has 0 spiro atoms. The van der Waals surface area contributed by atoms with Crippen LogP contribution in [-0.2, 0) is 21.4 Å². The minimum Gasteiger partial charge on any atom is -0.493 e. The summed E-state index contributed by atoms with van der Waals surface area (Å²) in [6.07, 6.45) is 2.08. The van der Waals surface area contributed by atoms with Gasteiger partial charge in [-0.25, -0.2) is 9.03 Å². The van der Waals surface area contributed by atoms with Gasteiger partial charge in [-0.3, -0.25) is 4.79 Å². The monoisotopic (exact) mass is 566 g/mol. The Balaban J connectivity index is 1.40. The van der Waals surface area contributed by atoms with Gasteiger partial charge in [0.1, 0.15) is 18.0 Å². The maximum atomic E-state index is 12.1. The lowest BCUT2D eigenvalue weighted by Crippen LogP contribution is -2.29. The van der Waals surface area contributed by atoms with Crippen molar-refractivity contribution in [1.29, 1.82) is 0 Å². The fourth-order valence-corrected chi connectivity index (χ4v) is 6.00. The molecule has 1 saturated heterocycles. The van der Waals surface area contributed by atoms with Crippen LogP contribution in [-0.4, -0.2) is 44.3 Å². The molecule has 0 radical (unpaired) electrons. The Hall–Kier alpha value is -3.56. The molecular weight excluding hydrogens is 528 g/mol. The van der Waals surface area contributed by atoms with Crippen molar-refractivity contribution < 1.29 is 27.8 Å². The molecule has 1 heterocycles. The highest BCUT2D eigenvalue weighted by atomic mass is 32.2. The third kappa shape index (κ3) is 7.34. The van der Waals surface area contributed by atoms with Gasteiger partial charge < -0.3 is 14.6 Å². The molecule has 1 fully saturated rings. The molecule has 0 saturated carbocycles. The highest BCUT2D eigenvalue weighted by molar-refractivity contribution is 7.92. The number of anilines is 1. The maximum absolute atomic E-state index is 12.1. The highest BCUT2D eigenvalue weighted by Gasteiger charge is 2.33. The third-order valence-electron chi connectivity index (χ3n) is 6.88. The zero-order valence-corrected chi connectivity index (χ0v) is 24.5. The Morgan fingerprint density at radius 1 is 1.02 bits per heavy atom. The Kier molecular flexibility index (Phi) is 8.75. The fourth-order valence-electron chi connectivity index (χ4n) is 4.85. The van der Waals surface area contributed by atoms with E-state index in [1.807, 2.05) is 17.7 Å². The van der Waals surface area contributed by atoms with E-state index < -0.39 is 21.7 Å². The van der Waals surface area contributed by atoms with Gasteiger partial charge in [-0.05, 0) is 112 Å². The van der Waals surface area contributed by atoms with E-state index in [4.69, 9.17) is 9.47 Å². The summed E-state index contributed by atoms with van der Waals surface area (Å²) in [7, 11) is -3.83. The molecular formula is C31H38N2O6S. The van der Waals surface area contributed by atoms with Gasteiger partial charge in [0, 0.05) is 6.42 Å². The molecule has 0 bridgehead atoms. The molecule has 0 aromatic heterocycles. The van der Waals surface area contributed by atoms with Gasteiger partial charge in [0.25, 0.3) is 5.91 Å². The second kappa shape index (κ2) is 11.9. The molecule has 1 amide bonds. The molecule has 3 aromatic carbocycles. The van der Waals surface area contributed by atoms with Gasteiger partial charge in [0.05, 0.1) is 24.0 Å².